The first kappa shape index (κ1) is 17.4. The molecule has 0 radical (unpaired) electrons. The number of halogens is 4. The van der Waals surface area contributed by atoms with Crippen molar-refractivity contribution in [1.29, 1.82) is 0 Å². The highest BCUT2D eigenvalue weighted by Crippen LogP contribution is 2.34. The molecule has 0 amide bonds. The highest BCUT2D eigenvalue weighted by molar-refractivity contribution is 6.31. The number of hydrogen-bond acceptors (Lipinski definition) is 5. The van der Waals surface area contributed by atoms with Crippen LogP contribution in [0.3, 0.4) is 0 Å². The van der Waals surface area contributed by atoms with Crippen molar-refractivity contribution in [1.82, 2.24) is 10.2 Å². The Bertz CT molecular complexity index is 862. The number of aromatic amines is 1. The lowest BCUT2D eigenvalue weighted by atomic mass is 9.99. The number of alkyl halides is 3. The number of nitrogens with one attached hydrogen (secondary N) is 1. The van der Waals surface area contributed by atoms with Gasteiger partial charge in [-0.3, -0.25) is 20.0 Å². The lowest BCUT2D eigenvalue weighted by Gasteiger charge is -2.07. The topological polar surface area (TPSA) is 126 Å². The third-order valence-corrected chi connectivity index (χ3v) is 3.11. The average Bonchev–Trinajstić information content (AvgIpc) is 2.91. The van der Waals surface area contributed by atoms with Gasteiger partial charge in [0.05, 0.1) is 10.5 Å². The number of nitrogens with zero attached hydrogens (tertiary/aromatic N) is 2. The van der Waals surface area contributed by atoms with Gasteiger partial charge in [0, 0.05) is 11.1 Å². The van der Waals surface area contributed by atoms with Crippen LogP contribution in [-0.2, 0) is 6.18 Å². The Balaban J connectivity index is 2.73. The van der Waals surface area contributed by atoms with Crippen LogP contribution in [0.1, 0.15) is 32.1 Å². The molecular formula is C12H5ClF3N3O5. The number of nitro groups is 1. The second-order valence-electron chi connectivity index (χ2n) is 4.37. The third kappa shape index (κ3) is 3.06. The Morgan fingerprint density at radius 2 is 1.96 bits per heavy atom. The van der Waals surface area contributed by atoms with E-state index in [1.165, 1.54) is 0 Å². The lowest BCUT2D eigenvalue weighted by molar-refractivity contribution is -0.385. The van der Waals surface area contributed by atoms with E-state index >= 15 is 0 Å². The molecule has 0 fully saturated rings. The first-order valence-corrected chi connectivity index (χ1v) is 6.29. The van der Waals surface area contributed by atoms with E-state index < -0.39 is 51.1 Å². The predicted molar refractivity (Wildman–Crippen MR) is 72.1 cm³/mol. The molecule has 24 heavy (non-hydrogen) atoms. The Labute approximate surface area is 135 Å². The summed E-state index contributed by atoms with van der Waals surface area (Å²) in [7, 11) is 0. The normalized spacial score (nSPS) is 11.3. The molecule has 0 saturated heterocycles. The molecule has 0 aliphatic heterocycles. The largest absolute Gasteiger partial charge is 0.477 e. The molecule has 0 spiro atoms. The third-order valence-electron chi connectivity index (χ3n) is 2.88. The fourth-order valence-electron chi connectivity index (χ4n) is 1.91. The number of carbonyl (C=O) groups is 2. The van der Waals surface area contributed by atoms with Gasteiger partial charge in [0.1, 0.15) is 5.56 Å². The summed E-state index contributed by atoms with van der Waals surface area (Å²) in [6.07, 6.45) is -5.14. The zero-order chi connectivity index (χ0) is 18.2. The number of benzene rings is 1. The molecule has 12 heteroatoms. The summed E-state index contributed by atoms with van der Waals surface area (Å²) in [5, 5.41) is 24.2. The number of aromatic carboxylic acids is 1. The highest BCUT2D eigenvalue weighted by Gasteiger charge is 2.42. The number of rotatable bonds is 4. The zero-order valence-electron chi connectivity index (χ0n) is 11.2. The molecule has 2 N–H and O–H groups in total. The number of carboxylic acid groups (broad SMARTS) is 1. The van der Waals surface area contributed by atoms with Crippen LogP contribution < -0.4 is 0 Å². The minimum absolute atomic E-state index is 0.125. The fourth-order valence-corrected chi connectivity index (χ4v) is 2.07. The van der Waals surface area contributed by atoms with Gasteiger partial charge in [-0.05, 0) is 12.1 Å². The van der Waals surface area contributed by atoms with Crippen molar-refractivity contribution in [2.45, 2.75) is 6.18 Å². The standard InChI is InChI=1S/C12H5ClF3N3O5/c13-4-1-2-5(6(3-4)19(23)24)9(20)7-8(11(21)22)17-18-10(7)12(14,15)16/h1-3H,(H,17,18)(H,21,22). The summed E-state index contributed by atoms with van der Waals surface area (Å²) in [4.78, 5) is 33.4. The molecule has 0 saturated carbocycles. The van der Waals surface area contributed by atoms with E-state index in [0.717, 1.165) is 18.2 Å². The summed E-state index contributed by atoms with van der Waals surface area (Å²) in [5.74, 6) is -3.39. The lowest BCUT2D eigenvalue weighted by Crippen LogP contribution is -2.16. The van der Waals surface area contributed by atoms with Crippen LogP contribution in [0, 0.1) is 10.1 Å². The van der Waals surface area contributed by atoms with Gasteiger partial charge in [0.25, 0.3) is 5.69 Å². The van der Waals surface area contributed by atoms with E-state index in [9.17, 15) is 32.9 Å². The van der Waals surface area contributed by atoms with Crippen molar-refractivity contribution < 1.29 is 32.8 Å². The number of hydrogen-bond donors (Lipinski definition) is 2. The van der Waals surface area contributed by atoms with Crippen LogP contribution in [0.4, 0.5) is 18.9 Å². The quantitative estimate of drug-likeness (QED) is 0.488. The Morgan fingerprint density at radius 1 is 1.33 bits per heavy atom. The van der Waals surface area contributed by atoms with Crippen LogP contribution >= 0.6 is 11.6 Å². The molecule has 0 aliphatic rings. The molecule has 126 valence electrons. The van der Waals surface area contributed by atoms with Crippen molar-refractivity contribution in [3.8, 4) is 0 Å². The van der Waals surface area contributed by atoms with Gasteiger partial charge in [-0.2, -0.15) is 18.3 Å². The van der Waals surface area contributed by atoms with Gasteiger partial charge < -0.3 is 5.11 Å². The first-order valence-electron chi connectivity index (χ1n) is 5.91. The van der Waals surface area contributed by atoms with E-state index in [-0.39, 0.29) is 5.02 Å². The summed E-state index contributed by atoms with van der Waals surface area (Å²) < 4.78 is 38.8. The molecule has 0 atom stereocenters. The molecule has 0 aliphatic carbocycles. The fraction of sp³-hybridized carbons (Fsp3) is 0.0833. The minimum atomic E-state index is -5.14. The van der Waals surface area contributed by atoms with E-state index in [0.29, 0.717) is 0 Å². The van der Waals surface area contributed by atoms with Crippen LogP contribution in [0.25, 0.3) is 0 Å². The minimum Gasteiger partial charge on any atom is -0.477 e. The van der Waals surface area contributed by atoms with E-state index in [1.54, 1.807) is 5.10 Å². The van der Waals surface area contributed by atoms with Crippen LogP contribution in [-0.4, -0.2) is 32.0 Å². The SMILES string of the molecule is O=C(O)c1[nH]nc(C(F)(F)F)c1C(=O)c1ccc(Cl)cc1[N+](=O)[O-]. The molecule has 1 heterocycles. The summed E-state index contributed by atoms with van der Waals surface area (Å²) in [6.45, 7) is 0. The molecule has 1 aromatic carbocycles. The maximum absolute atomic E-state index is 12.9. The van der Waals surface area contributed by atoms with Crippen molar-refractivity contribution in [3.05, 3.63) is 55.9 Å². The number of H-pyrrole nitrogens is 1. The zero-order valence-corrected chi connectivity index (χ0v) is 12.0. The van der Waals surface area contributed by atoms with E-state index in [2.05, 4.69) is 5.10 Å². The van der Waals surface area contributed by atoms with Crippen LogP contribution in [0.5, 0.6) is 0 Å². The Morgan fingerprint density at radius 3 is 2.46 bits per heavy atom. The number of carboxylic acids is 1. The van der Waals surface area contributed by atoms with E-state index in [4.69, 9.17) is 16.7 Å². The second-order valence-corrected chi connectivity index (χ2v) is 4.81. The van der Waals surface area contributed by atoms with Gasteiger partial charge >= 0.3 is 12.1 Å². The molecule has 2 rings (SSSR count). The maximum atomic E-state index is 12.9. The molecule has 1 aromatic heterocycles. The van der Waals surface area contributed by atoms with Gasteiger partial charge in [-0.15, -0.1) is 0 Å². The summed E-state index contributed by atoms with van der Waals surface area (Å²) in [5.41, 5.74) is -5.84. The van der Waals surface area contributed by atoms with E-state index in [1.807, 2.05) is 0 Å². The Hall–Kier alpha value is -2.95. The average molecular weight is 364 g/mol. The summed E-state index contributed by atoms with van der Waals surface area (Å²) >= 11 is 5.57. The van der Waals surface area contributed by atoms with Gasteiger partial charge in [-0.25, -0.2) is 4.79 Å². The Kier molecular flexibility index (Phi) is 4.30. The van der Waals surface area contributed by atoms with Crippen molar-refractivity contribution in [3.63, 3.8) is 0 Å². The summed E-state index contributed by atoms with van der Waals surface area (Å²) in [6, 6.07) is 2.65. The molecule has 2 aromatic rings. The predicted octanol–water partition coefficient (Wildman–Crippen LogP) is 2.92. The van der Waals surface area contributed by atoms with Crippen molar-refractivity contribution in [2.75, 3.05) is 0 Å². The molecule has 8 nitrogen and oxygen atoms in total. The molecule has 0 bridgehead atoms. The van der Waals surface area contributed by atoms with Gasteiger partial charge in [0.2, 0.25) is 5.78 Å². The van der Waals surface area contributed by atoms with Crippen LogP contribution in [0.15, 0.2) is 18.2 Å². The highest BCUT2D eigenvalue weighted by atomic mass is 35.5. The molecular weight excluding hydrogens is 359 g/mol. The van der Waals surface area contributed by atoms with Crippen molar-refractivity contribution in [2.24, 2.45) is 0 Å². The smallest absolute Gasteiger partial charge is 0.435 e. The number of aromatic nitrogens is 2. The van der Waals surface area contributed by atoms with Gasteiger partial charge in [-0.1, -0.05) is 11.6 Å². The second kappa shape index (κ2) is 5.92. The number of carbonyl (C=O) groups excluding carboxylic acids is 1. The van der Waals surface area contributed by atoms with Crippen LogP contribution in [0.2, 0.25) is 5.02 Å². The number of nitro benzene ring substituents is 1. The molecule has 0 unspecified atom stereocenters. The monoisotopic (exact) mass is 363 g/mol. The van der Waals surface area contributed by atoms with Gasteiger partial charge in [0.15, 0.2) is 11.4 Å². The van der Waals surface area contributed by atoms with Crippen molar-refractivity contribution >= 4 is 29.0 Å². The first-order chi connectivity index (χ1) is 11.0. The maximum Gasteiger partial charge on any atom is 0.435 e. The number of ketones is 1.